The molecule has 0 unspecified atom stereocenters. The number of likely N-dealkylation sites (N-methyl/N-ethyl adjacent to an activating group) is 1. The van der Waals surface area contributed by atoms with Gasteiger partial charge in [-0.3, -0.25) is 4.90 Å². The molecule has 0 saturated carbocycles. The van der Waals surface area contributed by atoms with Gasteiger partial charge >= 0.3 is 5.97 Å². The van der Waals surface area contributed by atoms with Crippen molar-refractivity contribution in [2.75, 3.05) is 7.05 Å². The minimum Gasteiger partial charge on any atom is -0.445 e. The number of rotatable bonds is 2. The Morgan fingerprint density at radius 3 is 2.57 bits per heavy atom. The minimum absolute atomic E-state index is 0.113. The van der Waals surface area contributed by atoms with Gasteiger partial charge in [0.25, 0.3) is 0 Å². The lowest BCUT2D eigenvalue weighted by molar-refractivity contribution is -0.144. The summed E-state index contributed by atoms with van der Waals surface area (Å²) in [4.78, 5) is 13.6. The molecular formula is C11H19NO2. The Hall–Kier alpha value is -0.830. The van der Waals surface area contributed by atoms with Crippen LogP contribution in [0.4, 0.5) is 0 Å². The third kappa shape index (κ3) is 1.82. The predicted molar refractivity (Wildman–Crippen MR) is 55.8 cm³/mol. The second-order valence-corrected chi connectivity index (χ2v) is 4.37. The Morgan fingerprint density at radius 1 is 1.64 bits per heavy atom. The van der Waals surface area contributed by atoms with E-state index in [2.05, 4.69) is 6.08 Å². The van der Waals surface area contributed by atoms with Gasteiger partial charge in [-0.1, -0.05) is 11.6 Å². The number of hydrogen-bond acceptors (Lipinski definition) is 3. The fraction of sp³-hybridized carbons (Fsp3) is 0.727. The van der Waals surface area contributed by atoms with Crippen molar-refractivity contribution in [3.63, 3.8) is 0 Å². The van der Waals surface area contributed by atoms with E-state index >= 15 is 0 Å². The van der Waals surface area contributed by atoms with Crippen molar-refractivity contribution in [3.8, 4) is 0 Å². The summed E-state index contributed by atoms with van der Waals surface area (Å²) in [5.74, 6) is -0.120. The van der Waals surface area contributed by atoms with Gasteiger partial charge in [0.05, 0.1) is 0 Å². The maximum Gasteiger partial charge on any atom is 0.328 e. The molecule has 3 nitrogen and oxygen atoms in total. The van der Waals surface area contributed by atoms with E-state index in [-0.39, 0.29) is 12.2 Å². The van der Waals surface area contributed by atoms with Crippen molar-refractivity contribution >= 4 is 5.97 Å². The first-order chi connectivity index (χ1) is 6.38. The number of cyclic esters (lactones) is 1. The summed E-state index contributed by atoms with van der Waals surface area (Å²) < 4.78 is 5.18. The predicted octanol–water partition coefficient (Wildman–Crippen LogP) is 1.94. The van der Waals surface area contributed by atoms with Crippen LogP contribution in [0.3, 0.4) is 0 Å². The Bertz CT molecular complexity index is 268. The first kappa shape index (κ1) is 11.2. The number of ether oxygens (including phenoxy) is 1. The molecule has 80 valence electrons. The maximum absolute atomic E-state index is 11.6. The van der Waals surface area contributed by atoms with Crippen molar-refractivity contribution in [2.24, 2.45) is 0 Å². The molecule has 1 fully saturated rings. The second kappa shape index (κ2) is 3.73. The number of allylic oxidation sites excluding steroid dienone is 1. The van der Waals surface area contributed by atoms with Crippen molar-refractivity contribution in [1.82, 2.24) is 4.90 Å². The number of nitrogens with zero attached hydrogens (tertiary/aromatic N) is 1. The highest BCUT2D eigenvalue weighted by atomic mass is 16.6. The molecule has 0 bridgehead atoms. The Balaban J connectivity index is 2.82. The Labute approximate surface area is 85.7 Å². The van der Waals surface area contributed by atoms with E-state index in [0.717, 1.165) is 6.42 Å². The normalized spacial score (nSPS) is 32.9. The monoisotopic (exact) mass is 197 g/mol. The highest BCUT2D eigenvalue weighted by Crippen LogP contribution is 2.30. The molecule has 0 amide bonds. The van der Waals surface area contributed by atoms with Gasteiger partial charge in [-0.2, -0.15) is 0 Å². The summed E-state index contributed by atoms with van der Waals surface area (Å²) in [5, 5.41) is 0. The van der Waals surface area contributed by atoms with Gasteiger partial charge in [0.1, 0.15) is 5.54 Å². The van der Waals surface area contributed by atoms with Crippen molar-refractivity contribution in [1.29, 1.82) is 0 Å². The van der Waals surface area contributed by atoms with Crippen LogP contribution in [0.25, 0.3) is 0 Å². The van der Waals surface area contributed by atoms with E-state index in [1.807, 2.05) is 39.6 Å². The number of carbonyl (C=O) groups is 1. The zero-order valence-electron chi connectivity index (χ0n) is 9.63. The van der Waals surface area contributed by atoms with E-state index < -0.39 is 5.54 Å². The average molecular weight is 197 g/mol. The van der Waals surface area contributed by atoms with Crippen LogP contribution in [-0.2, 0) is 9.53 Å². The molecule has 1 saturated heterocycles. The standard InChI is InChI=1S/C11H19NO2/c1-8(2)6-7-11(4)10(13)14-9(3)12(11)5/h6,9H,7H2,1-5H3/t9-,11-/m0/s1. The van der Waals surface area contributed by atoms with E-state index in [9.17, 15) is 4.79 Å². The molecule has 2 atom stereocenters. The van der Waals surface area contributed by atoms with Gasteiger partial charge in [-0.05, 0) is 41.2 Å². The Morgan fingerprint density at radius 2 is 2.21 bits per heavy atom. The van der Waals surface area contributed by atoms with Gasteiger partial charge in [-0.15, -0.1) is 0 Å². The summed E-state index contributed by atoms with van der Waals surface area (Å²) in [5.41, 5.74) is 0.739. The third-order valence-electron chi connectivity index (χ3n) is 2.95. The molecule has 0 aromatic heterocycles. The molecule has 0 radical (unpaired) electrons. The van der Waals surface area contributed by atoms with Crippen LogP contribution in [0, 0.1) is 0 Å². The van der Waals surface area contributed by atoms with Gasteiger partial charge in [0.2, 0.25) is 0 Å². The van der Waals surface area contributed by atoms with E-state index in [1.54, 1.807) is 0 Å². The topological polar surface area (TPSA) is 29.5 Å². The smallest absolute Gasteiger partial charge is 0.328 e. The van der Waals surface area contributed by atoms with Crippen LogP contribution in [0.2, 0.25) is 0 Å². The zero-order chi connectivity index (χ0) is 10.9. The molecule has 1 aliphatic rings. The van der Waals surface area contributed by atoms with Crippen LogP contribution in [0.1, 0.15) is 34.1 Å². The molecular weight excluding hydrogens is 178 g/mol. The molecule has 1 aliphatic heterocycles. The molecule has 1 heterocycles. The fourth-order valence-corrected chi connectivity index (χ4v) is 1.54. The van der Waals surface area contributed by atoms with Crippen molar-refractivity contribution in [3.05, 3.63) is 11.6 Å². The second-order valence-electron chi connectivity index (χ2n) is 4.37. The number of hydrogen-bond donors (Lipinski definition) is 0. The molecule has 0 N–H and O–H groups in total. The third-order valence-corrected chi connectivity index (χ3v) is 2.95. The lowest BCUT2D eigenvalue weighted by Gasteiger charge is -2.27. The van der Waals surface area contributed by atoms with E-state index in [0.29, 0.717) is 0 Å². The first-order valence-corrected chi connectivity index (χ1v) is 4.95. The van der Waals surface area contributed by atoms with Gasteiger partial charge in [0, 0.05) is 0 Å². The van der Waals surface area contributed by atoms with Crippen LogP contribution in [-0.4, -0.2) is 29.7 Å². The average Bonchev–Trinajstić information content (AvgIpc) is 2.28. The van der Waals surface area contributed by atoms with Crippen LogP contribution >= 0.6 is 0 Å². The van der Waals surface area contributed by atoms with Crippen LogP contribution in [0.15, 0.2) is 11.6 Å². The molecule has 1 rings (SSSR count). The highest BCUT2D eigenvalue weighted by molar-refractivity contribution is 5.82. The molecule has 0 aromatic carbocycles. The van der Waals surface area contributed by atoms with Crippen molar-refractivity contribution in [2.45, 2.75) is 45.9 Å². The molecule has 3 heteroatoms. The van der Waals surface area contributed by atoms with Crippen molar-refractivity contribution < 1.29 is 9.53 Å². The molecule has 14 heavy (non-hydrogen) atoms. The SMILES string of the molecule is CC(C)=CC[C@@]1(C)C(=O)O[C@@H](C)N1C. The zero-order valence-corrected chi connectivity index (χ0v) is 9.63. The van der Waals surface area contributed by atoms with Gasteiger partial charge in [-0.25, -0.2) is 4.79 Å². The first-order valence-electron chi connectivity index (χ1n) is 4.95. The van der Waals surface area contributed by atoms with Gasteiger partial charge in [0.15, 0.2) is 6.23 Å². The lowest BCUT2D eigenvalue weighted by Crippen LogP contribution is -2.44. The minimum atomic E-state index is -0.489. The summed E-state index contributed by atoms with van der Waals surface area (Å²) in [6.07, 6.45) is 2.68. The molecule has 0 aromatic rings. The van der Waals surface area contributed by atoms with Gasteiger partial charge < -0.3 is 4.74 Å². The summed E-state index contributed by atoms with van der Waals surface area (Å²) in [6, 6.07) is 0. The summed E-state index contributed by atoms with van der Waals surface area (Å²) in [6.45, 7) is 7.89. The van der Waals surface area contributed by atoms with E-state index in [1.165, 1.54) is 5.57 Å². The van der Waals surface area contributed by atoms with Crippen LogP contribution < -0.4 is 0 Å². The summed E-state index contributed by atoms with van der Waals surface area (Å²) >= 11 is 0. The number of esters is 1. The lowest BCUT2D eigenvalue weighted by atomic mass is 9.96. The molecule has 0 spiro atoms. The van der Waals surface area contributed by atoms with Crippen LogP contribution in [0.5, 0.6) is 0 Å². The number of carbonyl (C=O) groups excluding carboxylic acids is 1. The van der Waals surface area contributed by atoms with E-state index in [4.69, 9.17) is 4.74 Å². The largest absolute Gasteiger partial charge is 0.445 e. The molecule has 0 aliphatic carbocycles. The highest BCUT2D eigenvalue weighted by Gasteiger charge is 2.47. The summed E-state index contributed by atoms with van der Waals surface area (Å²) in [7, 11) is 1.92. The Kier molecular flexibility index (Phi) is 3.00. The maximum atomic E-state index is 11.6. The quantitative estimate of drug-likeness (QED) is 0.500. The fourth-order valence-electron chi connectivity index (χ4n) is 1.54.